The second-order valence-electron chi connectivity index (χ2n) is 4.24. The van der Waals surface area contributed by atoms with Gasteiger partial charge in [0.05, 0.1) is 0 Å². The SMILES string of the molecule is C=CCN(CC(=O)O)C(=O)Nc1cccc(C)c1C. The molecule has 0 fully saturated rings. The van der Waals surface area contributed by atoms with Gasteiger partial charge in [-0.05, 0) is 31.0 Å². The molecular formula is C14H18N2O3. The van der Waals surface area contributed by atoms with E-state index < -0.39 is 12.0 Å². The Bertz CT molecular complexity index is 497. The van der Waals surface area contributed by atoms with Crippen LogP contribution in [-0.4, -0.2) is 35.1 Å². The lowest BCUT2D eigenvalue weighted by Crippen LogP contribution is -2.39. The fourth-order valence-corrected chi connectivity index (χ4v) is 1.62. The van der Waals surface area contributed by atoms with E-state index in [0.717, 1.165) is 11.1 Å². The van der Waals surface area contributed by atoms with Crippen molar-refractivity contribution in [1.29, 1.82) is 0 Å². The number of hydrogen-bond donors (Lipinski definition) is 2. The zero-order valence-electron chi connectivity index (χ0n) is 11.1. The molecule has 0 aliphatic heterocycles. The van der Waals surface area contributed by atoms with Crippen LogP contribution in [0.1, 0.15) is 11.1 Å². The summed E-state index contributed by atoms with van der Waals surface area (Å²) in [6.45, 7) is 7.19. The predicted molar refractivity (Wildman–Crippen MR) is 74.3 cm³/mol. The molecule has 0 aliphatic rings. The first kappa shape index (κ1) is 14.8. The molecule has 5 heteroatoms. The molecule has 0 saturated carbocycles. The molecule has 0 atom stereocenters. The number of benzene rings is 1. The maximum Gasteiger partial charge on any atom is 0.323 e. The van der Waals surface area contributed by atoms with Gasteiger partial charge in [-0.25, -0.2) is 4.79 Å². The van der Waals surface area contributed by atoms with Gasteiger partial charge in [-0.15, -0.1) is 6.58 Å². The Morgan fingerprint density at radius 3 is 2.68 bits per heavy atom. The molecule has 0 radical (unpaired) electrons. The van der Waals surface area contributed by atoms with Crippen LogP contribution in [0.2, 0.25) is 0 Å². The summed E-state index contributed by atoms with van der Waals surface area (Å²) < 4.78 is 0. The standard InChI is InChI=1S/C14H18N2O3/c1-4-8-16(9-13(17)18)14(19)15-12-7-5-6-10(2)11(12)3/h4-7H,1,8-9H2,2-3H3,(H,15,19)(H,17,18). The molecule has 0 spiro atoms. The van der Waals surface area contributed by atoms with E-state index in [2.05, 4.69) is 11.9 Å². The van der Waals surface area contributed by atoms with Gasteiger partial charge in [-0.1, -0.05) is 18.2 Å². The quantitative estimate of drug-likeness (QED) is 0.800. The Kier molecular flexibility index (Phi) is 5.11. The highest BCUT2D eigenvalue weighted by Gasteiger charge is 2.16. The van der Waals surface area contributed by atoms with Crippen LogP contribution < -0.4 is 5.32 Å². The highest BCUT2D eigenvalue weighted by molar-refractivity contribution is 5.92. The molecule has 0 saturated heterocycles. The number of nitrogens with one attached hydrogen (secondary N) is 1. The largest absolute Gasteiger partial charge is 0.480 e. The molecule has 0 unspecified atom stereocenters. The Labute approximate surface area is 112 Å². The van der Waals surface area contributed by atoms with Crippen LogP contribution in [0.15, 0.2) is 30.9 Å². The number of urea groups is 1. The molecular weight excluding hydrogens is 244 g/mol. The maximum atomic E-state index is 12.0. The van der Waals surface area contributed by atoms with Crippen molar-refractivity contribution in [2.45, 2.75) is 13.8 Å². The summed E-state index contributed by atoms with van der Waals surface area (Å²) in [4.78, 5) is 23.9. The fourth-order valence-electron chi connectivity index (χ4n) is 1.62. The van der Waals surface area contributed by atoms with E-state index in [9.17, 15) is 9.59 Å². The van der Waals surface area contributed by atoms with E-state index in [1.54, 1.807) is 6.07 Å². The summed E-state index contributed by atoms with van der Waals surface area (Å²) >= 11 is 0. The zero-order chi connectivity index (χ0) is 14.4. The van der Waals surface area contributed by atoms with Gasteiger partial charge in [-0.2, -0.15) is 0 Å². The molecule has 0 heterocycles. The van der Waals surface area contributed by atoms with Gasteiger partial charge in [0.2, 0.25) is 0 Å². The highest BCUT2D eigenvalue weighted by atomic mass is 16.4. The third kappa shape index (κ3) is 4.13. The van der Waals surface area contributed by atoms with Crippen molar-refractivity contribution in [3.8, 4) is 0 Å². The van der Waals surface area contributed by atoms with Crippen molar-refractivity contribution in [3.05, 3.63) is 42.0 Å². The third-order valence-corrected chi connectivity index (χ3v) is 2.81. The van der Waals surface area contributed by atoms with Crippen molar-refractivity contribution < 1.29 is 14.7 Å². The molecule has 2 N–H and O–H groups in total. The highest BCUT2D eigenvalue weighted by Crippen LogP contribution is 2.18. The topological polar surface area (TPSA) is 69.6 Å². The molecule has 0 aliphatic carbocycles. The second-order valence-corrected chi connectivity index (χ2v) is 4.24. The average molecular weight is 262 g/mol. The summed E-state index contributed by atoms with van der Waals surface area (Å²) in [5.41, 5.74) is 2.71. The molecule has 0 bridgehead atoms. The first-order valence-electron chi connectivity index (χ1n) is 5.90. The molecule has 1 aromatic rings. The number of anilines is 1. The zero-order valence-corrected chi connectivity index (χ0v) is 11.1. The predicted octanol–water partition coefficient (Wildman–Crippen LogP) is 2.41. The molecule has 1 rings (SSSR count). The van der Waals surface area contributed by atoms with Crippen molar-refractivity contribution in [2.75, 3.05) is 18.4 Å². The van der Waals surface area contributed by atoms with Crippen LogP contribution in [0.5, 0.6) is 0 Å². The van der Waals surface area contributed by atoms with E-state index in [1.807, 2.05) is 26.0 Å². The van der Waals surface area contributed by atoms with Crippen LogP contribution in [0.3, 0.4) is 0 Å². The van der Waals surface area contributed by atoms with E-state index in [1.165, 1.54) is 11.0 Å². The normalized spacial score (nSPS) is 9.79. The smallest absolute Gasteiger partial charge is 0.323 e. The minimum Gasteiger partial charge on any atom is -0.480 e. The van der Waals surface area contributed by atoms with E-state index in [0.29, 0.717) is 5.69 Å². The van der Waals surface area contributed by atoms with E-state index in [-0.39, 0.29) is 13.1 Å². The van der Waals surface area contributed by atoms with Crippen molar-refractivity contribution in [1.82, 2.24) is 4.90 Å². The van der Waals surface area contributed by atoms with Crippen LogP contribution in [-0.2, 0) is 4.79 Å². The number of carboxylic acids is 1. The van der Waals surface area contributed by atoms with Gasteiger partial charge < -0.3 is 15.3 Å². The Balaban J connectivity index is 2.83. The first-order chi connectivity index (χ1) is 8.95. The number of hydrogen-bond acceptors (Lipinski definition) is 2. The van der Waals surface area contributed by atoms with Crippen LogP contribution in [0.25, 0.3) is 0 Å². The second kappa shape index (κ2) is 6.58. The number of aliphatic carboxylic acids is 1. The number of aryl methyl sites for hydroxylation is 1. The minimum atomic E-state index is -1.06. The molecule has 1 aromatic carbocycles. The lowest BCUT2D eigenvalue weighted by Gasteiger charge is -2.20. The number of carboxylic acid groups (broad SMARTS) is 1. The molecule has 102 valence electrons. The van der Waals surface area contributed by atoms with Crippen molar-refractivity contribution >= 4 is 17.7 Å². The molecule has 5 nitrogen and oxygen atoms in total. The van der Waals surface area contributed by atoms with Crippen LogP contribution >= 0.6 is 0 Å². The Hall–Kier alpha value is -2.30. The van der Waals surface area contributed by atoms with E-state index >= 15 is 0 Å². The number of carbonyl (C=O) groups is 2. The van der Waals surface area contributed by atoms with Gasteiger partial charge in [0.25, 0.3) is 0 Å². The summed E-state index contributed by atoms with van der Waals surface area (Å²) in [5.74, 6) is -1.06. The Morgan fingerprint density at radius 1 is 1.42 bits per heavy atom. The first-order valence-corrected chi connectivity index (χ1v) is 5.90. The maximum absolute atomic E-state index is 12.0. The number of carbonyl (C=O) groups excluding carboxylic acids is 1. The number of amides is 2. The van der Waals surface area contributed by atoms with Gasteiger partial charge in [0.1, 0.15) is 6.54 Å². The van der Waals surface area contributed by atoms with Crippen LogP contribution in [0, 0.1) is 13.8 Å². The molecule has 19 heavy (non-hydrogen) atoms. The fraction of sp³-hybridized carbons (Fsp3) is 0.286. The number of rotatable bonds is 5. The van der Waals surface area contributed by atoms with Gasteiger partial charge >= 0.3 is 12.0 Å². The van der Waals surface area contributed by atoms with Gasteiger partial charge in [-0.3, -0.25) is 4.79 Å². The minimum absolute atomic E-state index is 0.184. The lowest BCUT2D eigenvalue weighted by atomic mass is 10.1. The lowest BCUT2D eigenvalue weighted by molar-refractivity contribution is -0.137. The summed E-state index contributed by atoms with van der Waals surface area (Å²) in [7, 11) is 0. The summed E-state index contributed by atoms with van der Waals surface area (Å²) in [5, 5.41) is 11.5. The summed E-state index contributed by atoms with van der Waals surface area (Å²) in [6.07, 6.45) is 1.49. The van der Waals surface area contributed by atoms with Crippen molar-refractivity contribution in [2.24, 2.45) is 0 Å². The summed E-state index contributed by atoms with van der Waals surface area (Å²) in [6, 6.07) is 5.13. The Morgan fingerprint density at radius 2 is 2.11 bits per heavy atom. The molecule has 0 aromatic heterocycles. The van der Waals surface area contributed by atoms with E-state index in [4.69, 9.17) is 5.11 Å². The van der Waals surface area contributed by atoms with Crippen LogP contribution in [0.4, 0.5) is 10.5 Å². The van der Waals surface area contributed by atoms with Crippen molar-refractivity contribution in [3.63, 3.8) is 0 Å². The average Bonchev–Trinajstić information content (AvgIpc) is 2.34. The monoisotopic (exact) mass is 262 g/mol. The number of nitrogens with zero attached hydrogens (tertiary/aromatic N) is 1. The third-order valence-electron chi connectivity index (χ3n) is 2.81. The van der Waals surface area contributed by atoms with Gasteiger partial charge in [0.15, 0.2) is 0 Å². The molecule has 2 amide bonds. The van der Waals surface area contributed by atoms with Gasteiger partial charge in [0, 0.05) is 12.2 Å².